The molecule has 1 fully saturated rings. The van der Waals surface area contributed by atoms with Crippen molar-refractivity contribution in [3.8, 4) is 0 Å². The number of non-ortho nitro benzene ring substituents is 1. The summed E-state index contributed by atoms with van der Waals surface area (Å²) >= 11 is 0. The maximum absolute atomic E-state index is 11.9. The lowest BCUT2D eigenvalue weighted by atomic mass is 10.0. The fourth-order valence-corrected chi connectivity index (χ4v) is 2.23. The van der Waals surface area contributed by atoms with Crippen molar-refractivity contribution in [2.75, 3.05) is 13.1 Å². The first-order valence-electron chi connectivity index (χ1n) is 7.34. The maximum atomic E-state index is 11.9. The molecule has 1 aliphatic rings. The van der Waals surface area contributed by atoms with E-state index in [0.717, 1.165) is 18.0 Å². The molecule has 0 bridgehead atoms. The molecular formula is C15H22ClN3O3. The van der Waals surface area contributed by atoms with Gasteiger partial charge in [-0.3, -0.25) is 14.9 Å². The average molecular weight is 328 g/mol. The maximum Gasteiger partial charge on any atom is 0.269 e. The molecule has 1 unspecified atom stereocenters. The molecule has 0 spiro atoms. The van der Waals surface area contributed by atoms with E-state index in [1.165, 1.54) is 25.0 Å². The van der Waals surface area contributed by atoms with E-state index in [9.17, 15) is 14.9 Å². The molecule has 0 heterocycles. The van der Waals surface area contributed by atoms with E-state index in [-0.39, 0.29) is 30.0 Å². The molecule has 22 heavy (non-hydrogen) atoms. The standard InChI is InChI=1S/C15H21N3O3.ClH/c1-2-14(12-4-3-5-13(8-12)18(20)21)17-15(19)10-16-9-11-6-7-11;/h3-5,8,11,14,16H,2,6-7,9-10H2,1H3,(H,17,19);1H. The highest BCUT2D eigenvalue weighted by Crippen LogP contribution is 2.27. The van der Waals surface area contributed by atoms with E-state index >= 15 is 0 Å². The Balaban J connectivity index is 0.00000242. The summed E-state index contributed by atoms with van der Waals surface area (Å²) in [6, 6.07) is 6.23. The molecule has 1 atom stereocenters. The molecular weight excluding hydrogens is 306 g/mol. The number of nitrogens with zero attached hydrogens (tertiary/aromatic N) is 1. The Morgan fingerprint density at radius 1 is 1.45 bits per heavy atom. The Labute approximate surface area is 136 Å². The quantitative estimate of drug-likeness (QED) is 0.567. The molecule has 0 saturated heterocycles. The van der Waals surface area contributed by atoms with Gasteiger partial charge in [0, 0.05) is 12.1 Å². The number of nitro benzene ring substituents is 1. The first-order chi connectivity index (χ1) is 10.1. The molecule has 1 aromatic carbocycles. The lowest BCUT2D eigenvalue weighted by Gasteiger charge is -2.17. The molecule has 6 nitrogen and oxygen atoms in total. The lowest BCUT2D eigenvalue weighted by Crippen LogP contribution is -2.36. The van der Waals surface area contributed by atoms with Crippen molar-refractivity contribution in [2.24, 2.45) is 5.92 Å². The van der Waals surface area contributed by atoms with Crippen LogP contribution < -0.4 is 10.6 Å². The van der Waals surface area contributed by atoms with Crippen LogP contribution in [-0.4, -0.2) is 23.9 Å². The normalized spacial score (nSPS) is 14.8. The van der Waals surface area contributed by atoms with Gasteiger partial charge in [0.25, 0.3) is 5.69 Å². The van der Waals surface area contributed by atoms with E-state index in [1.54, 1.807) is 12.1 Å². The van der Waals surface area contributed by atoms with E-state index in [1.807, 2.05) is 6.92 Å². The molecule has 1 aliphatic carbocycles. The smallest absolute Gasteiger partial charge is 0.269 e. The number of carbonyl (C=O) groups is 1. The van der Waals surface area contributed by atoms with E-state index < -0.39 is 4.92 Å². The fourth-order valence-electron chi connectivity index (χ4n) is 2.23. The highest BCUT2D eigenvalue weighted by molar-refractivity contribution is 5.85. The molecule has 1 saturated carbocycles. The lowest BCUT2D eigenvalue weighted by molar-refractivity contribution is -0.384. The summed E-state index contributed by atoms with van der Waals surface area (Å²) in [5, 5.41) is 16.9. The summed E-state index contributed by atoms with van der Waals surface area (Å²) in [4.78, 5) is 22.3. The molecule has 122 valence electrons. The average Bonchev–Trinajstić information content (AvgIpc) is 3.29. The molecule has 1 aromatic rings. The zero-order valence-electron chi connectivity index (χ0n) is 12.6. The van der Waals surface area contributed by atoms with Gasteiger partial charge < -0.3 is 10.6 Å². The Morgan fingerprint density at radius 3 is 2.77 bits per heavy atom. The van der Waals surface area contributed by atoms with E-state index in [0.29, 0.717) is 13.0 Å². The summed E-state index contributed by atoms with van der Waals surface area (Å²) < 4.78 is 0. The van der Waals surface area contributed by atoms with Gasteiger partial charge in [0.05, 0.1) is 17.5 Å². The van der Waals surface area contributed by atoms with Crippen LogP contribution in [-0.2, 0) is 4.79 Å². The van der Waals surface area contributed by atoms with Gasteiger partial charge in [-0.1, -0.05) is 19.1 Å². The molecule has 0 aliphatic heterocycles. The van der Waals surface area contributed by atoms with Crippen molar-refractivity contribution in [1.82, 2.24) is 10.6 Å². The summed E-state index contributed by atoms with van der Waals surface area (Å²) in [7, 11) is 0. The van der Waals surface area contributed by atoms with Gasteiger partial charge in [0.15, 0.2) is 0 Å². The van der Waals surface area contributed by atoms with Crippen molar-refractivity contribution in [3.05, 3.63) is 39.9 Å². The summed E-state index contributed by atoms with van der Waals surface area (Å²) in [5.74, 6) is 0.658. The van der Waals surface area contributed by atoms with Gasteiger partial charge >= 0.3 is 0 Å². The highest BCUT2D eigenvalue weighted by atomic mass is 35.5. The highest BCUT2D eigenvalue weighted by Gasteiger charge is 2.21. The Kier molecular flexibility index (Phi) is 7.27. The summed E-state index contributed by atoms with van der Waals surface area (Å²) in [6.07, 6.45) is 3.19. The number of rotatable bonds is 8. The SMILES string of the molecule is CCC(NC(=O)CNCC1CC1)c1cccc([N+](=O)[O-])c1.Cl. The second-order valence-electron chi connectivity index (χ2n) is 5.45. The Bertz CT molecular complexity index is 521. The molecule has 0 aromatic heterocycles. The predicted octanol–water partition coefficient (Wildman–Crippen LogP) is 2.58. The number of halogens is 1. The van der Waals surface area contributed by atoms with Crippen LogP contribution in [0, 0.1) is 16.0 Å². The number of nitro groups is 1. The van der Waals surface area contributed by atoms with Crippen LogP contribution in [0.15, 0.2) is 24.3 Å². The summed E-state index contributed by atoms with van der Waals surface area (Å²) in [5.41, 5.74) is 0.814. The van der Waals surface area contributed by atoms with E-state index in [2.05, 4.69) is 10.6 Å². The number of hydrogen-bond donors (Lipinski definition) is 2. The van der Waals surface area contributed by atoms with Crippen molar-refractivity contribution in [3.63, 3.8) is 0 Å². The van der Waals surface area contributed by atoms with Crippen molar-refractivity contribution >= 4 is 24.0 Å². The first kappa shape index (κ1) is 18.4. The minimum Gasteiger partial charge on any atom is -0.348 e. The number of benzene rings is 1. The van der Waals surface area contributed by atoms with Gasteiger partial charge in [0.2, 0.25) is 5.91 Å². The minimum atomic E-state index is -0.421. The fraction of sp³-hybridized carbons (Fsp3) is 0.533. The zero-order chi connectivity index (χ0) is 15.2. The van der Waals surface area contributed by atoms with Crippen molar-refractivity contribution in [2.45, 2.75) is 32.2 Å². The number of amides is 1. The van der Waals surface area contributed by atoms with Crippen LogP contribution in [0.1, 0.15) is 37.8 Å². The number of hydrogen-bond acceptors (Lipinski definition) is 4. The Hall–Kier alpha value is -1.66. The molecule has 0 radical (unpaired) electrons. The van der Waals surface area contributed by atoms with Gasteiger partial charge in [-0.05, 0) is 37.3 Å². The molecule has 2 rings (SSSR count). The van der Waals surface area contributed by atoms with Gasteiger partial charge in [-0.2, -0.15) is 0 Å². The topological polar surface area (TPSA) is 84.3 Å². The summed E-state index contributed by atoms with van der Waals surface area (Å²) in [6.45, 7) is 3.13. The third-order valence-electron chi connectivity index (χ3n) is 3.64. The van der Waals surface area contributed by atoms with Gasteiger partial charge in [-0.15, -0.1) is 12.4 Å². The van der Waals surface area contributed by atoms with Gasteiger partial charge in [0.1, 0.15) is 0 Å². The van der Waals surface area contributed by atoms with Crippen molar-refractivity contribution in [1.29, 1.82) is 0 Å². The molecule has 1 amide bonds. The van der Waals surface area contributed by atoms with Gasteiger partial charge in [-0.25, -0.2) is 0 Å². The van der Waals surface area contributed by atoms with Crippen LogP contribution in [0.3, 0.4) is 0 Å². The Morgan fingerprint density at radius 2 is 2.18 bits per heavy atom. The largest absolute Gasteiger partial charge is 0.348 e. The zero-order valence-corrected chi connectivity index (χ0v) is 13.4. The van der Waals surface area contributed by atoms with Crippen LogP contribution in [0.2, 0.25) is 0 Å². The second-order valence-corrected chi connectivity index (χ2v) is 5.45. The predicted molar refractivity (Wildman–Crippen MR) is 87.1 cm³/mol. The minimum absolute atomic E-state index is 0. The first-order valence-corrected chi connectivity index (χ1v) is 7.34. The van der Waals surface area contributed by atoms with Crippen LogP contribution in [0.4, 0.5) is 5.69 Å². The van der Waals surface area contributed by atoms with Crippen LogP contribution >= 0.6 is 12.4 Å². The monoisotopic (exact) mass is 327 g/mol. The number of nitrogens with one attached hydrogen (secondary N) is 2. The molecule has 7 heteroatoms. The number of carbonyl (C=O) groups excluding carboxylic acids is 1. The van der Waals surface area contributed by atoms with Crippen molar-refractivity contribution < 1.29 is 9.72 Å². The van der Waals surface area contributed by atoms with Crippen LogP contribution in [0.5, 0.6) is 0 Å². The van der Waals surface area contributed by atoms with E-state index in [4.69, 9.17) is 0 Å². The third kappa shape index (κ3) is 5.61. The van der Waals surface area contributed by atoms with Crippen LogP contribution in [0.25, 0.3) is 0 Å². The molecule has 2 N–H and O–H groups in total. The third-order valence-corrected chi connectivity index (χ3v) is 3.64. The second kappa shape index (κ2) is 8.70.